The summed E-state index contributed by atoms with van der Waals surface area (Å²) in [7, 11) is 0.449. The van der Waals surface area contributed by atoms with Gasteiger partial charge in [0.05, 0.1) is 18.3 Å². The molecule has 1 aromatic rings. The highest BCUT2D eigenvalue weighted by molar-refractivity contribution is 6.56. The minimum Gasteiger partial charge on any atom is -0.465 e. The van der Waals surface area contributed by atoms with Gasteiger partial charge in [-0.05, 0) is 44.8 Å². The normalized spacial score (nSPS) is 18.3. The first-order valence-electron chi connectivity index (χ1n) is 8.51. The van der Waals surface area contributed by atoms with Crippen LogP contribution in [0, 0.1) is 5.95 Å². The summed E-state index contributed by atoms with van der Waals surface area (Å²) in [5, 5.41) is 2.70. The van der Waals surface area contributed by atoms with E-state index in [0.717, 1.165) is 7.11 Å². The fraction of sp³-hybridized carbons (Fsp3) is 0.500. The molecule has 0 saturated carbocycles. The smallest absolute Gasteiger partial charge is 0.465 e. The summed E-state index contributed by atoms with van der Waals surface area (Å²) in [4.78, 5) is 26.6. The average molecular weight is 378 g/mol. The summed E-state index contributed by atoms with van der Waals surface area (Å²) in [5.74, 6) is -1.96. The number of nitrogens with one attached hydrogen (secondary N) is 1. The standard InChI is InChI=1S/C18H24BFN2O5/c1-11(23)21-10-13(19-26-17(2,3)18(4,5)27-19)7-12-8-14(16(24)25-6)15(20)22-9-12/h7-9H,10H2,1-6H3,(H,21,23). The van der Waals surface area contributed by atoms with Gasteiger partial charge in [0.15, 0.2) is 0 Å². The molecule has 27 heavy (non-hydrogen) atoms. The van der Waals surface area contributed by atoms with E-state index in [-0.39, 0.29) is 18.0 Å². The Balaban J connectivity index is 2.40. The molecule has 1 saturated heterocycles. The van der Waals surface area contributed by atoms with Crippen molar-refractivity contribution in [2.24, 2.45) is 0 Å². The third-order valence-electron chi connectivity index (χ3n) is 4.72. The van der Waals surface area contributed by atoms with E-state index in [1.807, 2.05) is 27.7 Å². The number of esters is 1. The molecule has 0 bridgehead atoms. The van der Waals surface area contributed by atoms with Crippen molar-refractivity contribution in [3.05, 3.63) is 34.8 Å². The van der Waals surface area contributed by atoms with E-state index in [0.29, 0.717) is 11.0 Å². The summed E-state index contributed by atoms with van der Waals surface area (Å²) in [5.41, 5.74) is -0.352. The predicted molar refractivity (Wildman–Crippen MR) is 98.3 cm³/mol. The summed E-state index contributed by atoms with van der Waals surface area (Å²) < 4.78 is 30.4. The lowest BCUT2D eigenvalue weighted by Crippen LogP contribution is -2.41. The SMILES string of the molecule is COC(=O)c1cc(C=C(CNC(C)=O)B2OC(C)(C)C(C)(C)O2)cnc1F. The quantitative estimate of drug-likeness (QED) is 0.480. The highest BCUT2D eigenvalue weighted by Gasteiger charge is 2.52. The molecule has 1 aliphatic heterocycles. The molecule has 9 heteroatoms. The van der Waals surface area contributed by atoms with Gasteiger partial charge in [-0.2, -0.15) is 4.39 Å². The number of hydrogen-bond acceptors (Lipinski definition) is 6. The number of pyridine rings is 1. The van der Waals surface area contributed by atoms with Crippen molar-refractivity contribution in [2.75, 3.05) is 13.7 Å². The van der Waals surface area contributed by atoms with Crippen LogP contribution >= 0.6 is 0 Å². The van der Waals surface area contributed by atoms with E-state index in [4.69, 9.17) is 9.31 Å². The molecule has 0 spiro atoms. The molecule has 1 N–H and O–H groups in total. The summed E-state index contributed by atoms with van der Waals surface area (Å²) >= 11 is 0. The molecule has 7 nitrogen and oxygen atoms in total. The van der Waals surface area contributed by atoms with E-state index in [9.17, 15) is 14.0 Å². The van der Waals surface area contributed by atoms with E-state index in [1.54, 1.807) is 6.08 Å². The number of hydrogen-bond donors (Lipinski definition) is 1. The highest BCUT2D eigenvalue weighted by atomic mass is 19.1. The van der Waals surface area contributed by atoms with E-state index >= 15 is 0 Å². The summed E-state index contributed by atoms with van der Waals surface area (Å²) in [6.07, 6.45) is 2.93. The molecular weight excluding hydrogens is 354 g/mol. The highest BCUT2D eigenvalue weighted by Crippen LogP contribution is 2.38. The van der Waals surface area contributed by atoms with Crippen LogP contribution in [0.15, 0.2) is 17.7 Å². The predicted octanol–water partition coefficient (Wildman–Crippen LogP) is 2.16. The Labute approximate surface area is 158 Å². The largest absolute Gasteiger partial charge is 0.492 e. The number of halogens is 1. The molecular formula is C18H24BFN2O5. The van der Waals surface area contributed by atoms with Crippen LogP contribution < -0.4 is 5.32 Å². The Morgan fingerprint density at radius 1 is 1.30 bits per heavy atom. The molecule has 0 unspecified atom stereocenters. The molecule has 0 atom stereocenters. The lowest BCUT2D eigenvalue weighted by molar-refractivity contribution is -0.118. The Hall–Kier alpha value is -2.26. The first-order valence-corrected chi connectivity index (χ1v) is 8.51. The number of methoxy groups -OCH3 is 1. The van der Waals surface area contributed by atoms with Gasteiger partial charge in [-0.1, -0.05) is 6.08 Å². The molecule has 2 rings (SSSR count). The van der Waals surface area contributed by atoms with Crippen molar-refractivity contribution in [2.45, 2.75) is 45.8 Å². The van der Waals surface area contributed by atoms with Crippen molar-refractivity contribution < 1.29 is 28.0 Å². The van der Waals surface area contributed by atoms with Crippen LogP contribution in [0.3, 0.4) is 0 Å². The van der Waals surface area contributed by atoms with Crippen molar-refractivity contribution in [3.8, 4) is 0 Å². The fourth-order valence-corrected chi connectivity index (χ4v) is 2.43. The van der Waals surface area contributed by atoms with Crippen molar-refractivity contribution >= 4 is 25.1 Å². The van der Waals surface area contributed by atoms with Gasteiger partial charge in [-0.15, -0.1) is 0 Å². The molecule has 0 aromatic carbocycles. The van der Waals surface area contributed by atoms with Crippen LogP contribution in [0.4, 0.5) is 4.39 Å². The van der Waals surface area contributed by atoms with Gasteiger partial charge in [0.1, 0.15) is 5.56 Å². The van der Waals surface area contributed by atoms with E-state index in [2.05, 4.69) is 15.0 Å². The number of amides is 1. The minimum absolute atomic E-state index is 0.164. The molecule has 1 fully saturated rings. The molecule has 2 heterocycles. The zero-order chi connectivity index (χ0) is 20.4. The first-order chi connectivity index (χ1) is 12.5. The Bertz CT molecular complexity index is 763. The number of rotatable bonds is 5. The number of ether oxygens (including phenoxy) is 1. The zero-order valence-electron chi connectivity index (χ0n) is 16.4. The van der Waals surface area contributed by atoms with Crippen molar-refractivity contribution in [1.82, 2.24) is 10.3 Å². The van der Waals surface area contributed by atoms with Crippen molar-refractivity contribution in [3.63, 3.8) is 0 Å². The molecule has 1 aromatic heterocycles. The van der Waals surface area contributed by atoms with Crippen LogP contribution in [0.25, 0.3) is 6.08 Å². The third kappa shape index (κ3) is 4.73. The number of carbonyl (C=O) groups excluding carboxylic acids is 2. The van der Waals surface area contributed by atoms with Crippen LogP contribution in [-0.2, 0) is 18.8 Å². The van der Waals surface area contributed by atoms with Crippen LogP contribution in [0.1, 0.15) is 50.5 Å². The second-order valence-corrected chi connectivity index (χ2v) is 7.32. The van der Waals surface area contributed by atoms with Gasteiger partial charge < -0.3 is 19.4 Å². The summed E-state index contributed by atoms with van der Waals surface area (Å²) in [6.45, 7) is 9.22. The maximum atomic E-state index is 13.8. The van der Waals surface area contributed by atoms with Gasteiger partial charge in [0, 0.05) is 19.7 Å². The van der Waals surface area contributed by atoms with Gasteiger partial charge >= 0.3 is 13.1 Å². The minimum atomic E-state index is -0.918. The Morgan fingerprint density at radius 3 is 2.41 bits per heavy atom. The van der Waals surface area contributed by atoms with Crippen LogP contribution in [-0.4, -0.2) is 48.8 Å². The van der Waals surface area contributed by atoms with Crippen LogP contribution in [0.5, 0.6) is 0 Å². The Morgan fingerprint density at radius 2 is 1.89 bits per heavy atom. The number of nitrogens with zero attached hydrogens (tertiary/aromatic N) is 1. The van der Waals surface area contributed by atoms with Gasteiger partial charge in [0.2, 0.25) is 11.9 Å². The van der Waals surface area contributed by atoms with Gasteiger partial charge in [0.25, 0.3) is 0 Å². The second kappa shape index (κ2) is 7.78. The maximum absolute atomic E-state index is 13.8. The van der Waals surface area contributed by atoms with Gasteiger partial charge in [-0.25, -0.2) is 9.78 Å². The summed E-state index contributed by atoms with van der Waals surface area (Å²) in [6, 6.07) is 1.33. The lowest BCUT2D eigenvalue weighted by Gasteiger charge is -2.32. The molecule has 0 radical (unpaired) electrons. The number of aromatic nitrogens is 1. The third-order valence-corrected chi connectivity index (χ3v) is 4.72. The van der Waals surface area contributed by atoms with E-state index < -0.39 is 30.2 Å². The number of carbonyl (C=O) groups is 2. The molecule has 1 amide bonds. The molecule has 0 aliphatic carbocycles. The second-order valence-electron chi connectivity index (χ2n) is 7.32. The zero-order valence-corrected chi connectivity index (χ0v) is 16.4. The molecule has 1 aliphatic rings. The van der Waals surface area contributed by atoms with Crippen LogP contribution in [0.2, 0.25) is 0 Å². The average Bonchev–Trinajstić information content (AvgIpc) is 2.79. The lowest BCUT2D eigenvalue weighted by atomic mass is 9.77. The first kappa shape index (κ1) is 21.0. The monoisotopic (exact) mass is 378 g/mol. The van der Waals surface area contributed by atoms with Crippen molar-refractivity contribution in [1.29, 1.82) is 0 Å². The maximum Gasteiger partial charge on any atom is 0.492 e. The molecule has 146 valence electrons. The van der Waals surface area contributed by atoms with E-state index in [1.165, 1.54) is 19.2 Å². The van der Waals surface area contributed by atoms with Gasteiger partial charge in [-0.3, -0.25) is 4.79 Å². The Kier molecular flexibility index (Phi) is 6.06. The topological polar surface area (TPSA) is 86.8 Å². The fourth-order valence-electron chi connectivity index (χ4n) is 2.43.